The van der Waals surface area contributed by atoms with Gasteiger partial charge in [0, 0.05) is 0 Å². The van der Waals surface area contributed by atoms with Crippen molar-refractivity contribution < 1.29 is 22.7 Å². The highest BCUT2D eigenvalue weighted by Gasteiger charge is 2.17. The number of rotatable bonds is 4. The molecule has 0 aliphatic carbocycles. The third-order valence-electron chi connectivity index (χ3n) is 3.11. The Morgan fingerprint density at radius 2 is 1.48 bits per heavy atom. The van der Waals surface area contributed by atoms with E-state index in [4.69, 9.17) is 4.74 Å². The van der Waals surface area contributed by atoms with Gasteiger partial charge in [0.15, 0.2) is 11.6 Å². The van der Waals surface area contributed by atoms with Crippen molar-refractivity contribution in [1.29, 1.82) is 0 Å². The molecule has 1 N–H and O–H groups in total. The molecule has 0 radical (unpaired) electrons. The summed E-state index contributed by atoms with van der Waals surface area (Å²) >= 11 is 0. The molecule has 8 heteroatoms. The Labute approximate surface area is 140 Å². The van der Waals surface area contributed by atoms with E-state index in [2.05, 4.69) is 15.3 Å². The molecule has 0 saturated heterocycles. The van der Waals surface area contributed by atoms with Crippen molar-refractivity contribution in [3.63, 3.8) is 0 Å². The molecule has 1 amide bonds. The Balaban J connectivity index is 1.73. The van der Waals surface area contributed by atoms with Gasteiger partial charge in [0.05, 0.1) is 18.1 Å². The normalized spacial score (nSPS) is 10.4. The van der Waals surface area contributed by atoms with Gasteiger partial charge >= 0.3 is 6.01 Å². The lowest BCUT2D eigenvalue weighted by Crippen LogP contribution is -2.16. The van der Waals surface area contributed by atoms with Crippen molar-refractivity contribution >= 4 is 11.6 Å². The van der Waals surface area contributed by atoms with Crippen LogP contribution in [0.4, 0.5) is 18.9 Å². The molecular weight excluding hydrogens is 335 g/mol. The van der Waals surface area contributed by atoms with Gasteiger partial charge in [-0.2, -0.15) is 0 Å². The number of amides is 1. The molecule has 3 rings (SSSR count). The number of anilines is 1. The first kappa shape index (κ1) is 16.4. The zero-order chi connectivity index (χ0) is 17.8. The number of hydrogen-bond acceptors (Lipinski definition) is 4. The van der Waals surface area contributed by atoms with Gasteiger partial charge < -0.3 is 10.1 Å². The molecule has 3 aromatic rings. The van der Waals surface area contributed by atoms with Crippen molar-refractivity contribution in [2.75, 3.05) is 5.32 Å². The fourth-order valence-electron chi connectivity index (χ4n) is 1.97. The zero-order valence-electron chi connectivity index (χ0n) is 12.5. The van der Waals surface area contributed by atoms with Crippen molar-refractivity contribution in [1.82, 2.24) is 9.97 Å². The summed E-state index contributed by atoms with van der Waals surface area (Å²) in [6, 6.07) is 8.64. The van der Waals surface area contributed by atoms with Gasteiger partial charge in [0.25, 0.3) is 5.91 Å². The topological polar surface area (TPSA) is 64.1 Å². The van der Waals surface area contributed by atoms with Crippen LogP contribution in [0.5, 0.6) is 11.8 Å². The predicted octanol–water partition coefficient (Wildman–Crippen LogP) is 3.94. The van der Waals surface area contributed by atoms with Crippen LogP contribution in [0.1, 0.15) is 10.4 Å². The number of carbonyl (C=O) groups excluding carboxylic acids is 1. The molecule has 0 aliphatic heterocycles. The third-order valence-corrected chi connectivity index (χ3v) is 3.11. The fourth-order valence-corrected chi connectivity index (χ4v) is 1.97. The predicted molar refractivity (Wildman–Crippen MR) is 82.8 cm³/mol. The summed E-state index contributed by atoms with van der Waals surface area (Å²) in [6.45, 7) is 0. The lowest BCUT2D eigenvalue weighted by atomic mass is 10.2. The van der Waals surface area contributed by atoms with Crippen molar-refractivity contribution in [2.45, 2.75) is 0 Å². The number of hydrogen-bond donors (Lipinski definition) is 1. The Morgan fingerprint density at radius 3 is 2.12 bits per heavy atom. The first-order valence-electron chi connectivity index (χ1n) is 7.04. The highest BCUT2D eigenvalue weighted by molar-refractivity contribution is 6.04. The first-order chi connectivity index (χ1) is 12.0. The minimum absolute atomic E-state index is 0.0623. The summed E-state index contributed by atoms with van der Waals surface area (Å²) in [7, 11) is 0. The smallest absolute Gasteiger partial charge is 0.322 e. The van der Waals surface area contributed by atoms with Crippen LogP contribution in [0.3, 0.4) is 0 Å². The van der Waals surface area contributed by atoms with E-state index in [0.29, 0.717) is 0 Å². The van der Waals surface area contributed by atoms with Crippen molar-refractivity contribution in [3.05, 3.63) is 77.9 Å². The van der Waals surface area contributed by atoms with E-state index >= 15 is 0 Å². The van der Waals surface area contributed by atoms with Gasteiger partial charge in [-0.25, -0.2) is 23.1 Å². The Morgan fingerprint density at radius 1 is 0.880 bits per heavy atom. The Bertz CT molecular complexity index is 897. The van der Waals surface area contributed by atoms with Gasteiger partial charge in [-0.3, -0.25) is 4.79 Å². The van der Waals surface area contributed by atoms with Gasteiger partial charge in [-0.15, -0.1) is 0 Å². The minimum atomic E-state index is -0.988. The maximum atomic E-state index is 13.6. The van der Waals surface area contributed by atoms with E-state index in [0.717, 1.165) is 18.2 Å². The second-order valence-corrected chi connectivity index (χ2v) is 4.84. The molecule has 0 bridgehead atoms. The molecule has 126 valence electrons. The van der Waals surface area contributed by atoms with Crippen molar-refractivity contribution in [2.24, 2.45) is 0 Å². The van der Waals surface area contributed by atoms with Crippen LogP contribution >= 0.6 is 0 Å². The van der Waals surface area contributed by atoms with E-state index in [9.17, 15) is 18.0 Å². The van der Waals surface area contributed by atoms with E-state index in [1.165, 1.54) is 30.6 Å². The van der Waals surface area contributed by atoms with Gasteiger partial charge in [0.1, 0.15) is 17.2 Å². The molecular formula is C17H10F3N3O2. The Hall–Kier alpha value is -3.42. The van der Waals surface area contributed by atoms with Crippen molar-refractivity contribution in [3.8, 4) is 11.8 Å². The standard InChI is InChI=1S/C17H10F3N3O2/c18-11-4-1-2-7-14(11)25-17-21-8-10(9-22-17)23-16(24)15-12(19)5-3-6-13(15)20/h1-9H,(H,23,24). The molecule has 0 atom stereocenters. The minimum Gasteiger partial charge on any atom is -0.421 e. The zero-order valence-corrected chi connectivity index (χ0v) is 12.5. The van der Waals surface area contributed by atoms with E-state index in [-0.39, 0.29) is 17.4 Å². The molecule has 5 nitrogen and oxygen atoms in total. The number of nitrogens with one attached hydrogen (secondary N) is 1. The highest BCUT2D eigenvalue weighted by atomic mass is 19.1. The quantitative estimate of drug-likeness (QED) is 0.778. The molecule has 0 fully saturated rings. The average Bonchev–Trinajstić information content (AvgIpc) is 2.58. The number of carbonyl (C=O) groups is 1. The lowest BCUT2D eigenvalue weighted by Gasteiger charge is -2.08. The van der Waals surface area contributed by atoms with Crippen LogP contribution in [0.15, 0.2) is 54.9 Å². The van der Waals surface area contributed by atoms with Crippen LogP contribution in [-0.2, 0) is 0 Å². The molecule has 0 unspecified atom stereocenters. The maximum absolute atomic E-state index is 13.6. The van der Waals surface area contributed by atoms with Crippen LogP contribution in [0.25, 0.3) is 0 Å². The number of para-hydroxylation sites is 1. The largest absolute Gasteiger partial charge is 0.421 e. The fraction of sp³-hybridized carbons (Fsp3) is 0. The lowest BCUT2D eigenvalue weighted by molar-refractivity contribution is 0.101. The molecule has 0 spiro atoms. The first-order valence-corrected chi connectivity index (χ1v) is 7.04. The van der Waals surface area contributed by atoms with E-state index in [1.807, 2.05) is 0 Å². The summed E-state index contributed by atoms with van der Waals surface area (Å²) in [5.74, 6) is -3.61. The molecule has 0 saturated carbocycles. The average molecular weight is 345 g/mol. The van der Waals surface area contributed by atoms with Gasteiger partial charge in [-0.05, 0) is 24.3 Å². The van der Waals surface area contributed by atoms with Crippen LogP contribution < -0.4 is 10.1 Å². The van der Waals surface area contributed by atoms with Crippen LogP contribution in [-0.4, -0.2) is 15.9 Å². The number of aromatic nitrogens is 2. The number of benzene rings is 2. The molecule has 25 heavy (non-hydrogen) atoms. The van der Waals surface area contributed by atoms with Gasteiger partial charge in [-0.1, -0.05) is 18.2 Å². The second kappa shape index (κ2) is 7.00. The molecule has 1 heterocycles. The van der Waals surface area contributed by atoms with Crippen LogP contribution in [0.2, 0.25) is 0 Å². The summed E-state index contributed by atoms with van der Waals surface area (Å²) in [5, 5.41) is 2.27. The highest BCUT2D eigenvalue weighted by Crippen LogP contribution is 2.21. The van der Waals surface area contributed by atoms with E-state index < -0.39 is 28.9 Å². The van der Waals surface area contributed by atoms with Crippen LogP contribution in [0, 0.1) is 17.5 Å². The Kier molecular flexibility index (Phi) is 4.60. The second-order valence-electron chi connectivity index (χ2n) is 4.84. The number of halogens is 3. The summed E-state index contributed by atoms with van der Waals surface area (Å²) < 4.78 is 45.8. The SMILES string of the molecule is O=C(Nc1cnc(Oc2ccccc2F)nc1)c1c(F)cccc1F. The molecule has 2 aromatic carbocycles. The summed E-state index contributed by atoms with van der Waals surface area (Å²) in [5.41, 5.74) is -0.622. The maximum Gasteiger partial charge on any atom is 0.322 e. The third kappa shape index (κ3) is 3.74. The molecule has 1 aromatic heterocycles. The molecule has 0 aliphatic rings. The van der Waals surface area contributed by atoms with Gasteiger partial charge in [0.2, 0.25) is 0 Å². The number of ether oxygens (including phenoxy) is 1. The monoisotopic (exact) mass is 345 g/mol. The summed E-state index contributed by atoms with van der Waals surface area (Å²) in [4.78, 5) is 19.6. The summed E-state index contributed by atoms with van der Waals surface area (Å²) in [6.07, 6.45) is 2.33. The number of nitrogens with zero attached hydrogens (tertiary/aromatic N) is 2. The van der Waals surface area contributed by atoms with E-state index in [1.54, 1.807) is 6.07 Å².